The average molecular weight is 802 g/mol. The third kappa shape index (κ3) is 10.6. The van der Waals surface area contributed by atoms with E-state index in [1.165, 1.54) is 21.0 Å². The minimum absolute atomic E-state index is 0.260. The van der Waals surface area contributed by atoms with Crippen LogP contribution in [0.3, 0.4) is 0 Å². The van der Waals surface area contributed by atoms with Gasteiger partial charge in [-0.15, -0.1) is 0 Å². The van der Waals surface area contributed by atoms with Gasteiger partial charge in [0.05, 0.1) is 30.5 Å². The molecule has 316 valence electrons. The number of carbonyl (C=O) groups excluding carboxylic acids is 1. The fraction of sp³-hybridized carbons (Fsp3) is 0.971. The molecule has 0 aliphatic carbocycles. The van der Waals surface area contributed by atoms with Crippen LogP contribution in [-0.4, -0.2) is 184 Å². The lowest BCUT2D eigenvalue weighted by molar-refractivity contribution is -0.387. The van der Waals surface area contributed by atoms with Crippen molar-refractivity contribution in [3.8, 4) is 0 Å². The predicted octanol–water partition coefficient (Wildman–Crippen LogP) is -1.69. The monoisotopic (exact) mass is 801 g/mol. The van der Waals surface area contributed by atoms with Gasteiger partial charge in [-0.05, 0) is 46.3 Å². The van der Waals surface area contributed by atoms with Crippen LogP contribution in [-0.2, 0) is 47.4 Å². The SMILES string of the molecule is CO[C@H]1[C@H](O[C@@H]2[C@@H](O)[C@H](C)O[C@@H](O[C@@H]3[C@@H](O)[C@H](C)O[C@@H](O[C@H]4[C@H](OCCCCCS)O[C@@H](C)[C@H](O)[C@H]4O)[C@@H]3O)[C@@H]2O)O[C@H](C)[C@@H](NC(=O)C(C)(C)C)[C@@H]1O. The van der Waals surface area contributed by atoms with Crippen molar-refractivity contribution in [2.75, 3.05) is 19.5 Å². The number of aliphatic hydroxyl groups is 7. The maximum Gasteiger partial charge on any atom is 0.225 e. The lowest BCUT2D eigenvalue weighted by atomic mass is 9.91. The van der Waals surface area contributed by atoms with Crippen molar-refractivity contribution in [3.05, 3.63) is 0 Å². The molecule has 54 heavy (non-hydrogen) atoms. The molecule has 4 rings (SSSR count). The van der Waals surface area contributed by atoms with Crippen LogP contribution in [0, 0.1) is 5.41 Å². The Bertz CT molecular complexity index is 1170. The van der Waals surface area contributed by atoms with Gasteiger partial charge in [-0.3, -0.25) is 4.79 Å². The fourth-order valence-corrected chi connectivity index (χ4v) is 7.05. The van der Waals surface area contributed by atoms with E-state index in [-0.39, 0.29) is 12.5 Å². The lowest BCUT2D eigenvalue weighted by Crippen LogP contribution is -2.67. The predicted molar refractivity (Wildman–Crippen MR) is 190 cm³/mol. The van der Waals surface area contributed by atoms with Crippen LogP contribution >= 0.6 is 12.6 Å². The third-order valence-electron chi connectivity index (χ3n) is 10.4. The van der Waals surface area contributed by atoms with Crippen molar-refractivity contribution in [1.82, 2.24) is 5.32 Å². The summed E-state index contributed by atoms with van der Waals surface area (Å²) in [5, 5.41) is 80.7. The first-order valence-corrected chi connectivity index (χ1v) is 19.4. The van der Waals surface area contributed by atoms with Crippen LogP contribution in [0.1, 0.15) is 67.7 Å². The number of hydrogen-bond acceptors (Lipinski definition) is 18. The van der Waals surface area contributed by atoms with Crippen LogP contribution in [0.2, 0.25) is 0 Å². The van der Waals surface area contributed by atoms with Crippen LogP contribution in [0.15, 0.2) is 0 Å². The second-order valence-corrected chi connectivity index (χ2v) is 16.1. The van der Waals surface area contributed by atoms with Crippen molar-refractivity contribution in [3.63, 3.8) is 0 Å². The number of aliphatic hydroxyl groups excluding tert-OH is 7. The van der Waals surface area contributed by atoms with E-state index >= 15 is 0 Å². The van der Waals surface area contributed by atoms with Gasteiger partial charge in [0.15, 0.2) is 25.2 Å². The normalized spacial score (nSPS) is 46.3. The Kier molecular flexibility index (Phi) is 16.8. The Labute approximate surface area is 322 Å². The zero-order valence-electron chi connectivity index (χ0n) is 32.2. The van der Waals surface area contributed by atoms with E-state index in [1.54, 1.807) is 34.6 Å². The smallest absolute Gasteiger partial charge is 0.225 e. The summed E-state index contributed by atoms with van der Waals surface area (Å²) in [7, 11) is 1.31. The molecule has 0 aromatic heterocycles. The molecule has 0 unspecified atom stereocenters. The van der Waals surface area contributed by atoms with E-state index in [4.69, 9.17) is 42.6 Å². The van der Waals surface area contributed by atoms with Crippen LogP contribution in [0.4, 0.5) is 0 Å². The van der Waals surface area contributed by atoms with E-state index in [9.17, 15) is 40.5 Å². The largest absolute Gasteiger partial charge is 0.388 e. The molecule has 4 aliphatic heterocycles. The Hall–Kier alpha value is -0.820. The van der Waals surface area contributed by atoms with Gasteiger partial charge in [0, 0.05) is 19.1 Å². The number of carbonyl (C=O) groups is 1. The van der Waals surface area contributed by atoms with Crippen molar-refractivity contribution in [2.24, 2.45) is 5.41 Å². The summed E-state index contributed by atoms with van der Waals surface area (Å²) >= 11 is 4.21. The number of amides is 1. The van der Waals surface area contributed by atoms with E-state index in [0.29, 0.717) is 6.42 Å². The van der Waals surface area contributed by atoms with E-state index in [1.807, 2.05) is 0 Å². The minimum Gasteiger partial charge on any atom is -0.388 e. The zero-order valence-corrected chi connectivity index (χ0v) is 33.1. The molecule has 8 N–H and O–H groups in total. The van der Waals surface area contributed by atoms with Gasteiger partial charge in [0.1, 0.15) is 67.1 Å². The molecule has 4 heterocycles. The van der Waals surface area contributed by atoms with Gasteiger partial charge in [0.2, 0.25) is 5.91 Å². The molecule has 0 spiro atoms. The molecular formula is C35H63NO17S. The highest BCUT2D eigenvalue weighted by molar-refractivity contribution is 7.80. The Morgan fingerprint density at radius 1 is 0.593 bits per heavy atom. The van der Waals surface area contributed by atoms with Gasteiger partial charge in [-0.2, -0.15) is 12.6 Å². The fourth-order valence-electron chi connectivity index (χ4n) is 6.82. The van der Waals surface area contributed by atoms with Crippen LogP contribution in [0.25, 0.3) is 0 Å². The van der Waals surface area contributed by atoms with Gasteiger partial charge >= 0.3 is 0 Å². The second kappa shape index (κ2) is 19.8. The molecule has 4 saturated heterocycles. The zero-order chi connectivity index (χ0) is 40.2. The van der Waals surface area contributed by atoms with E-state index in [0.717, 1.165) is 18.6 Å². The standard InChI is InChI=1S/C35H63NO17S/c1-14-18(36-34(44)35(5,6)7)22(40)28(45-8)33(47-14)52-27-21(39)17(4)48-30(25(27)43)51-26-20(38)16(3)49-31(24(26)42)53-29-23(41)19(37)15(2)50-32(29)46-12-10-9-11-13-54/h14-33,37-43,54H,9-13H2,1-8H3,(H,36,44)/t14-,15+,16+,17+,18-,19+,20+,21+,22+,23-,24-,25-,26-,27-,28-,29-,30+,31+,32-,33+/m1/s1. The maximum absolute atomic E-state index is 12.7. The molecule has 0 saturated carbocycles. The van der Waals surface area contributed by atoms with Gasteiger partial charge in [-0.1, -0.05) is 27.2 Å². The van der Waals surface area contributed by atoms with Crippen molar-refractivity contribution >= 4 is 18.5 Å². The number of ether oxygens (including phenoxy) is 9. The molecule has 4 fully saturated rings. The average Bonchev–Trinajstić information content (AvgIpc) is 3.11. The number of thiol groups is 1. The molecule has 0 radical (unpaired) electrons. The van der Waals surface area contributed by atoms with Crippen LogP contribution in [0.5, 0.6) is 0 Å². The molecule has 0 bridgehead atoms. The van der Waals surface area contributed by atoms with Gasteiger partial charge < -0.3 is 83.7 Å². The molecule has 1 amide bonds. The number of hydrogen-bond donors (Lipinski definition) is 9. The Morgan fingerprint density at radius 2 is 1.07 bits per heavy atom. The highest BCUT2D eigenvalue weighted by Gasteiger charge is 2.55. The second-order valence-electron chi connectivity index (χ2n) is 15.7. The summed E-state index contributed by atoms with van der Waals surface area (Å²) in [6.07, 6.45) is -22.9. The van der Waals surface area contributed by atoms with Crippen molar-refractivity contribution in [2.45, 2.75) is 190 Å². The number of nitrogens with one attached hydrogen (secondary N) is 1. The summed E-state index contributed by atoms with van der Waals surface area (Å²) in [6, 6.07) is -0.868. The topological polar surface area (TPSA) is 254 Å². The Balaban J connectivity index is 1.47. The first-order chi connectivity index (χ1) is 25.3. The number of rotatable bonds is 14. The maximum atomic E-state index is 12.7. The minimum atomic E-state index is -1.75. The Morgan fingerprint density at radius 3 is 1.59 bits per heavy atom. The summed E-state index contributed by atoms with van der Waals surface area (Å²) < 4.78 is 52.8. The third-order valence-corrected chi connectivity index (χ3v) is 10.7. The lowest BCUT2D eigenvalue weighted by Gasteiger charge is -2.49. The highest BCUT2D eigenvalue weighted by Crippen LogP contribution is 2.35. The molecular weight excluding hydrogens is 738 g/mol. The van der Waals surface area contributed by atoms with E-state index < -0.39 is 128 Å². The highest BCUT2D eigenvalue weighted by atomic mass is 32.1. The molecule has 18 nitrogen and oxygen atoms in total. The van der Waals surface area contributed by atoms with Crippen molar-refractivity contribution < 1.29 is 83.2 Å². The quantitative estimate of drug-likeness (QED) is 0.0702. The molecule has 4 aliphatic rings. The van der Waals surface area contributed by atoms with E-state index in [2.05, 4.69) is 17.9 Å². The summed E-state index contributed by atoms with van der Waals surface area (Å²) in [4.78, 5) is 12.7. The molecule has 0 aromatic carbocycles. The summed E-state index contributed by atoms with van der Waals surface area (Å²) in [5.74, 6) is 0.403. The summed E-state index contributed by atoms with van der Waals surface area (Å²) in [6.45, 7) is 11.6. The summed E-state index contributed by atoms with van der Waals surface area (Å²) in [5.41, 5.74) is -0.748. The molecule has 0 aromatic rings. The molecule has 19 heteroatoms. The van der Waals surface area contributed by atoms with Crippen LogP contribution < -0.4 is 5.32 Å². The van der Waals surface area contributed by atoms with Gasteiger partial charge in [-0.25, -0.2) is 0 Å². The number of unbranched alkanes of at least 4 members (excludes halogenated alkanes) is 2. The first-order valence-electron chi connectivity index (χ1n) is 18.7. The number of methoxy groups -OCH3 is 1. The first kappa shape index (κ1) is 45.9. The van der Waals surface area contributed by atoms with Gasteiger partial charge in [0.25, 0.3) is 0 Å². The van der Waals surface area contributed by atoms with Crippen molar-refractivity contribution in [1.29, 1.82) is 0 Å². The molecule has 20 atom stereocenters.